The van der Waals surface area contributed by atoms with Gasteiger partial charge in [0.05, 0.1) is 29.7 Å². The number of rotatable bonds is 7. The molecule has 1 amide bonds. The van der Waals surface area contributed by atoms with Gasteiger partial charge in [0.1, 0.15) is 5.76 Å². The Morgan fingerprint density at radius 1 is 1.00 bits per heavy atom. The third-order valence-corrected chi connectivity index (χ3v) is 8.15. The van der Waals surface area contributed by atoms with Crippen LogP contribution in [-0.2, 0) is 24.3 Å². The minimum Gasteiger partial charge on any atom is -0.507 e. The fraction of sp³-hybridized carbons (Fsp3) is 0.360. The zero-order valence-corrected chi connectivity index (χ0v) is 20.6. The Morgan fingerprint density at radius 3 is 2.23 bits per heavy atom. The number of hydrogen-bond donors (Lipinski definition) is 1. The summed E-state index contributed by atoms with van der Waals surface area (Å²) in [6.45, 7) is 3.66. The van der Waals surface area contributed by atoms with Crippen molar-refractivity contribution in [1.29, 1.82) is 0 Å². The molecule has 0 radical (unpaired) electrons. The second-order valence-electron chi connectivity index (χ2n) is 8.67. The average molecular weight is 500 g/mol. The summed E-state index contributed by atoms with van der Waals surface area (Å²) in [5.41, 5.74) is 0.961. The Balaban J connectivity index is 1.71. The molecule has 0 spiro atoms. The molecule has 2 aromatic rings. The highest BCUT2D eigenvalue weighted by molar-refractivity contribution is 7.89. The summed E-state index contributed by atoms with van der Waals surface area (Å²) in [7, 11) is -0.782. The van der Waals surface area contributed by atoms with Crippen molar-refractivity contribution < 1.29 is 27.9 Å². The summed E-state index contributed by atoms with van der Waals surface area (Å²) in [5, 5.41) is 11.2. The molecule has 0 aliphatic carbocycles. The summed E-state index contributed by atoms with van der Waals surface area (Å²) in [5.74, 6) is -1.76. The number of benzene rings is 2. The molecule has 0 aromatic heterocycles. The van der Waals surface area contributed by atoms with E-state index >= 15 is 0 Å². The minimum atomic E-state index is -3.65. The van der Waals surface area contributed by atoms with Crippen LogP contribution in [-0.4, -0.2) is 92.8 Å². The SMILES string of the molecule is CN(C)S(=O)(=O)c1ccc(/C(O)=C2/C(=O)C(=O)N(CCN3CCOCC3)C2c2ccccc2)cc1. The van der Waals surface area contributed by atoms with Gasteiger partial charge in [0.15, 0.2) is 0 Å². The van der Waals surface area contributed by atoms with Gasteiger partial charge in [-0.25, -0.2) is 12.7 Å². The zero-order valence-electron chi connectivity index (χ0n) is 19.8. The Morgan fingerprint density at radius 2 is 1.63 bits per heavy atom. The van der Waals surface area contributed by atoms with Crippen LogP contribution in [0, 0.1) is 0 Å². The number of carbonyl (C=O) groups is 2. The van der Waals surface area contributed by atoms with Crippen molar-refractivity contribution in [2.24, 2.45) is 0 Å². The van der Waals surface area contributed by atoms with Crippen molar-refractivity contribution >= 4 is 27.5 Å². The van der Waals surface area contributed by atoms with Gasteiger partial charge in [0.2, 0.25) is 10.0 Å². The van der Waals surface area contributed by atoms with Gasteiger partial charge < -0.3 is 14.7 Å². The lowest BCUT2D eigenvalue weighted by atomic mass is 9.95. The topological polar surface area (TPSA) is 107 Å². The highest BCUT2D eigenvalue weighted by atomic mass is 32.2. The number of aliphatic hydroxyl groups excluding tert-OH is 1. The lowest BCUT2D eigenvalue weighted by Gasteiger charge is -2.31. The molecule has 1 atom stereocenters. The van der Waals surface area contributed by atoms with E-state index in [9.17, 15) is 23.1 Å². The molecule has 1 unspecified atom stereocenters. The normalized spacial score (nSPS) is 21.1. The molecular formula is C25H29N3O6S. The summed E-state index contributed by atoms with van der Waals surface area (Å²) in [6, 6.07) is 14.0. The van der Waals surface area contributed by atoms with Crippen LogP contribution in [0.2, 0.25) is 0 Å². The van der Waals surface area contributed by atoms with E-state index in [0.29, 0.717) is 31.9 Å². The molecule has 2 saturated heterocycles. The van der Waals surface area contributed by atoms with Crippen LogP contribution in [0.3, 0.4) is 0 Å². The molecule has 186 valence electrons. The van der Waals surface area contributed by atoms with Gasteiger partial charge in [0.25, 0.3) is 11.7 Å². The Labute approximate surface area is 205 Å². The number of morpholine rings is 1. The van der Waals surface area contributed by atoms with E-state index in [4.69, 9.17) is 4.74 Å². The van der Waals surface area contributed by atoms with Crippen molar-refractivity contribution in [3.8, 4) is 0 Å². The van der Waals surface area contributed by atoms with Gasteiger partial charge in [0, 0.05) is 45.8 Å². The molecule has 2 fully saturated rings. The van der Waals surface area contributed by atoms with Gasteiger partial charge in [-0.3, -0.25) is 14.5 Å². The molecule has 2 aromatic carbocycles. The van der Waals surface area contributed by atoms with E-state index in [1.807, 2.05) is 30.3 Å². The number of amides is 1. The van der Waals surface area contributed by atoms with Crippen LogP contribution in [0.5, 0.6) is 0 Å². The van der Waals surface area contributed by atoms with Crippen LogP contribution in [0.1, 0.15) is 17.2 Å². The number of sulfonamides is 1. The molecule has 4 rings (SSSR count). The first-order valence-electron chi connectivity index (χ1n) is 11.4. The van der Waals surface area contributed by atoms with Crippen molar-refractivity contribution in [2.45, 2.75) is 10.9 Å². The van der Waals surface area contributed by atoms with Gasteiger partial charge in [-0.2, -0.15) is 0 Å². The molecule has 10 heteroatoms. The third kappa shape index (κ3) is 5.01. The summed E-state index contributed by atoms with van der Waals surface area (Å²) in [6.07, 6.45) is 0. The van der Waals surface area contributed by atoms with E-state index in [-0.39, 0.29) is 21.8 Å². The van der Waals surface area contributed by atoms with Crippen LogP contribution in [0.15, 0.2) is 65.1 Å². The molecule has 2 aliphatic rings. The summed E-state index contributed by atoms with van der Waals surface area (Å²) < 4.78 is 31.2. The van der Waals surface area contributed by atoms with Crippen molar-refractivity contribution in [2.75, 3.05) is 53.5 Å². The average Bonchev–Trinajstić information content (AvgIpc) is 3.13. The molecule has 2 heterocycles. The highest BCUT2D eigenvalue weighted by Crippen LogP contribution is 2.39. The van der Waals surface area contributed by atoms with Crippen LogP contribution >= 0.6 is 0 Å². The molecule has 0 bridgehead atoms. The summed E-state index contributed by atoms with van der Waals surface area (Å²) in [4.78, 5) is 29.9. The number of likely N-dealkylation sites (tertiary alicyclic amines) is 1. The maximum atomic E-state index is 13.1. The maximum absolute atomic E-state index is 13.1. The van der Waals surface area contributed by atoms with E-state index in [1.54, 1.807) is 0 Å². The molecule has 1 N–H and O–H groups in total. The Hall–Kier alpha value is -3.05. The quantitative estimate of drug-likeness (QED) is 0.351. The predicted octanol–water partition coefficient (Wildman–Crippen LogP) is 1.69. The van der Waals surface area contributed by atoms with E-state index < -0.39 is 27.8 Å². The molecule has 9 nitrogen and oxygen atoms in total. The first-order valence-corrected chi connectivity index (χ1v) is 12.8. The zero-order chi connectivity index (χ0) is 25.2. The number of ketones is 1. The number of carbonyl (C=O) groups excluding carboxylic acids is 2. The van der Waals surface area contributed by atoms with E-state index in [0.717, 1.165) is 17.4 Å². The van der Waals surface area contributed by atoms with Gasteiger partial charge in [-0.1, -0.05) is 30.3 Å². The lowest BCUT2D eigenvalue weighted by Crippen LogP contribution is -2.42. The standard InChI is InChI=1S/C25H29N3O6S/c1-26(2)35(32,33)20-10-8-19(9-11-20)23(29)21-22(18-6-4-3-5-7-18)28(25(31)24(21)30)13-12-27-14-16-34-17-15-27/h3-11,22,29H,12-17H2,1-2H3/b23-21-. The number of nitrogens with zero attached hydrogens (tertiary/aromatic N) is 3. The van der Waals surface area contributed by atoms with Crippen LogP contribution in [0.25, 0.3) is 5.76 Å². The minimum absolute atomic E-state index is 0.00797. The van der Waals surface area contributed by atoms with Gasteiger partial charge >= 0.3 is 0 Å². The molecule has 2 aliphatic heterocycles. The Kier molecular flexibility index (Phi) is 7.36. The van der Waals surface area contributed by atoms with Crippen molar-refractivity contribution in [3.63, 3.8) is 0 Å². The fourth-order valence-electron chi connectivity index (χ4n) is 4.32. The smallest absolute Gasteiger partial charge is 0.295 e. The fourth-order valence-corrected chi connectivity index (χ4v) is 5.22. The number of aliphatic hydroxyl groups is 1. The number of hydrogen-bond acceptors (Lipinski definition) is 7. The van der Waals surface area contributed by atoms with E-state index in [1.165, 1.54) is 43.3 Å². The molecular weight excluding hydrogens is 470 g/mol. The first kappa shape index (κ1) is 25.1. The van der Waals surface area contributed by atoms with Gasteiger partial charge in [-0.05, 0) is 29.8 Å². The van der Waals surface area contributed by atoms with Gasteiger partial charge in [-0.15, -0.1) is 0 Å². The Bertz CT molecular complexity index is 1220. The monoisotopic (exact) mass is 499 g/mol. The largest absolute Gasteiger partial charge is 0.507 e. The number of ether oxygens (including phenoxy) is 1. The summed E-state index contributed by atoms with van der Waals surface area (Å²) >= 11 is 0. The molecule has 0 saturated carbocycles. The van der Waals surface area contributed by atoms with Crippen LogP contribution in [0.4, 0.5) is 0 Å². The highest BCUT2D eigenvalue weighted by Gasteiger charge is 2.46. The number of Topliss-reactive ketones (excluding diaryl/α,β-unsaturated/α-hetero) is 1. The van der Waals surface area contributed by atoms with Crippen molar-refractivity contribution in [3.05, 3.63) is 71.3 Å². The van der Waals surface area contributed by atoms with Crippen molar-refractivity contribution in [1.82, 2.24) is 14.1 Å². The second-order valence-corrected chi connectivity index (χ2v) is 10.8. The second kappa shape index (κ2) is 10.3. The third-order valence-electron chi connectivity index (χ3n) is 6.32. The first-order chi connectivity index (χ1) is 16.7. The predicted molar refractivity (Wildman–Crippen MR) is 130 cm³/mol. The molecule has 35 heavy (non-hydrogen) atoms. The maximum Gasteiger partial charge on any atom is 0.295 e. The lowest BCUT2D eigenvalue weighted by molar-refractivity contribution is -0.140. The van der Waals surface area contributed by atoms with E-state index in [2.05, 4.69) is 4.90 Å². The van der Waals surface area contributed by atoms with Crippen LogP contribution < -0.4 is 0 Å².